The Balaban J connectivity index is 1.57. The molecular weight excluding hydrogens is 318 g/mol. The van der Waals surface area contributed by atoms with Gasteiger partial charge in [-0.25, -0.2) is 0 Å². The third kappa shape index (κ3) is 3.09. The minimum Gasteiger partial charge on any atom is -0.370 e. The van der Waals surface area contributed by atoms with E-state index >= 15 is 0 Å². The van der Waals surface area contributed by atoms with Gasteiger partial charge >= 0.3 is 0 Å². The molecule has 0 saturated carbocycles. The van der Waals surface area contributed by atoms with Crippen LogP contribution in [0.4, 0.5) is 0 Å². The Kier molecular flexibility index (Phi) is 4.13. The Labute approximate surface area is 145 Å². The summed E-state index contributed by atoms with van der Waals surface area (Å²) in [5.74, 6) is -0.213. The van der Waals surface area contributed by atoms with Gasteiger partial charge in [0.25, 0.3) is 11.5 Å². The van der Waals surface area contributed by atoms with Gasteiger partial charge < -0.3 is 14.6 Å². The van der Waals surface area contributed by atoms with Crippen LogP contribution in [0.15, 0.2) is 29.2 Å². The van der Waals surface area contributed by atoms with Crippen molar-refractivity contribution < 1.29 is 9.53 Å². The summed E-state index contributed by atoms with van der Waals surface area (Å²) in [6, 6.07) is 5.67. The van der Waals surface area contributed by atoms with E-state index in [4.69, 9.17) is 4.74 Å². The van der Waals surface area contributed by atoms with Crippen LogP contribution in [0.1, 0.15) is 45.4 Å². The molecule has 2 aromatic rings. The molecule has 1 atom stereocenters. The highest BCUT2D eigenvalue weighted by atomic mass is 16.5. The van der Waals surface area contributed by atoms with Crippen molar-refractivity contribution in [2.45, 2.75) is 32.3 Å². The predicted molar refractivity (Wildman–Crippen MR) is 92.7 cm³/mol. The third-order valence-corrected chi connectivity index (χ3v) is 4.96. The summed E-state index contributed by atoms with van der Waals surface area (Å²) in [6.07, 6.45) is 4.41. The topological polar surface area (TPSA) is 75.3 Å². The van der Waals surface area contributed by atoms with E-state index in [1.807, 2.05) is 19.1 Å². The van der Waals surface area contributed by atoms with E-state index in [0.29, 0.717) is 19.7 Å². The number of fused-ring (bicyclic) bond motifs is 1. The first-order valence-electron chi connectivity index (χ1n) is 8.70. The quantitative estimate of drug-likeness (QED) is 0.905. The second-order valence-electron chi connectivity index (χ2n) is 6.71. The van der Waals surface area contributed by atoms with Crippen LogP contribution in [0.5, 0.6) is 0 Å². The van der Waals surface area contributed by atoms with Crippen molar-refractivity contribution in [1.29, 1.82) is 0 Å². The van der Waals surface area contributed by atoms with Gasteiger partial charge in [0, 0.05) is 24.1 Å². The van der Waals surface area contributed by atoms with Crippen LogP contribution in [-0.4, -0.2) is 40.5 Å². The standard InChI is InChI=1S/C19H21N3O3/c1-12-9-14(5-6-20-12)17-11-22(7-8-25-17)19(24)15-10-13-3-2-4-16(13)21-18(15)23/h5-6,9-10,17H,2-4,7-8,11H2,1H3,(H,21,23)/t17-/m1/s1. The number of amides is 1. The largest absolute Gasteiger partial charge is 0.370 e. The number of carbonyl (C=O) groups excluding carboxylic acids is 1. The van der Waals surface area contributed by atoms with Crippen molar-refractivity contribution in [3.63, 3.8) is 0 Å². The number of hydrogen-bond donors (Lipinski definition) is 1. The molecule has 0 radical (unpaired) electrons. The molecule has 0 bridgehead atoms. The maximum Gasteiger partial charge on any atom is 0.261 e. The number of aromatic nitrogens is 2. The van der Waals surface area contributed by atoms with Crippen LogP contribution >= 0.6 is 0 Å². The third-order valence-electron chi connectivity index (χ3n) is 4.96. The zero-order valence-electron chi connectivity index (χ0n) is 14.2. The molecule has 1 aliphatic carbocycles. The Bertz CT molecular complexity index is 874. The average Bonchev–Trinajstić information content (AvgIpc) is 3.07. The molecule has 6 nitrogen and oxygen atoms in total. The number of pyridine rings is 2. The fourth-order valence-electron chi connectivity index (χ4n) is 3.65. The lowest BCUT2D eigenvalue weighted by atomic mass is 10.1. The van der Waals surface area contributed by atoms with E-state index < -0.39 is 0 Å². The van der Waals surface area contributed by atoms with Crippen LogP contribution in [0.2, 0.25) is 0 Å². The molecular formula is C19H21N3O3. The first-order valence-corrected chi connectivity index (χ1v) is 8.70. The van der Waals surface area contributed by atoms with Crippen LogP contribution in [0.3, 0.4) is 0 Å². The number of nitrogens with zero attached hydrogens (tertiary/aromatic N) is 2. The van der Waals surface area contributed by atoms with Crippen LogP contribution in [0.25, 0.3) is 0 Å². The minimum absolute atomic E-state index is 0.187. The number of hydrogen-bond acceptors (Lipinski definition) is 4. The second-order valence-corrected chi connectivity index (χ2v) is 6.71. The van der Waals surface area contributed by atoms with Crippen LogP contribution in [-0.2, 0) is 17.6 Å². The summed E-state index contributed by atoms with van der Waals surface area (Å²) in [4.78, 5) is 34.0. The molecule has 1 aliphatic heterocycles. The number of morpholine rings is 1. The number of aromatic amines is 1. The molecule has 2 aromatic heterocycles. The summed E-state index contributed by atoms with van der Waals surface area (Å²) >= 11 is 0. The van der Waals surface area contributed by atoms with Gasteiger partial charge in [0.05, 0.1) is 13.2 Å². The molecule has 0 aromatic carbocycles. The molecule has 1 N–H and O–H groups in total. The Morgan fingerprint density at radius 1 is 1.36 bits per heavy atom. The van der Waals surface area contributed by atoms with Gasteiger partial charge in [0.1, 0.15) is 11.7 Å². The number of rotatable bonds is 2. The van der Waals surface area contributed by atoms with Crippen molar-refractivity contribution in [3.05, 3.63) is 62.8 Å². The number of carbonyl (C=O) groups is 1. The second kappa shape index (κ2) is 6.44. The highest BCUT2D eigenvalue weighted by molar-refractivity contribution is 5.94. The van der Waals surface area contributed by atoms with Gasteiger partial charge in [-0.1, -0.05) is 0 Å². The lowest BCUT2D eigenvalue weighted by Gasteiger charge is -2.33. The van der Waals surface area contributed by atoms with Crippen molar-refractivity contribution in [2.75, 3.05) is 19.7 Å². The predicted octanol–water partition coefficient (Wildman–Crippen LogP) is 1.78. The van der Waals surface area contributed by atoms with E-state index in [2.05, 4.69) is 9.97 Å². The van der Waals surface area contributed by atoms with Gasteiger partial charge in [-0.05, 0) is 55.5 Å². The maximum absolute atomic E-state index is 12.9. The first kappa shape index (κ1) is 16.0. The van der Waals surface area contributed by atoms with Crippen molar-refractivity contribution in [2.24, 2.45) is 0 Å². The van der Waals surface area contributed by atoms with Crippen LogP contribution in [0, 0.1) is 6.92 Å². The Morgan fingerprint density at radius 3 is 3.08 bits per heavy atom. The van der Waals surface area contributed by atoms with Gasteiger partial charge in [-0.3, -0.25) is 14.6 Å². The van der Waals surface area contributed by atoms with E-state index in [1.165, 1.54) is 0 Å². The number of nitrogens with one attached hydrogen (secondary N) is 1. The molecule has 0 spiro atoms. The molecule has 25 heavy (non-hydrogen) atoms. The SMILES string of the molecule is Cc1cc([C@H]2CN(C(=O)c3cc4c([nH]c3=O)CCC4)CCO2)ccn1. The van der Waals surface area contributed by atoms with Gasteiger partial charge in [-0.15, -0.1) is 0 Å². The lowest BCUT2D eigenvalue weighted by Crippen LogP contribution is -2.44. The molecule has 4 rings (SSSR count). The summed E-state index contributed by atoms with van der Waals surface area (Å²) in [6.45, 7) is 3.33. The first-order chi connectivity index (χ1) is 12.1. The fourth-order valence-corrected chi connectivity index (χ4v) is 3.65. The normalized spacial score (nSPS) is 19.7. The monoisotopic (exact) mass is 339 g/mol. The van der Waals surface area contributed by atoms with Gasteiger partial charge in [0.15, 0.2) is 0 Å². The summed E-state index contributed by atoms with van der Waals surface area (Å²) in [5.41, 5.74) is 3.96. The molecule has 1 fully saturated rings. The molecule has 1 saturated heterocycles. The molecule has 6 heteroatoms. The highest BCUT2D eigenvalue weighted by Crippen LogP contribution is 2.24. The smallest absolute Gasteiger partial charge is 0.261 e. The maximum atomic E-state index is 12.9. The Morgan fingerprint density at radius 2 is 2.24 bits per heavy atom. The Hall–Kier alpha value is -2.47. The van der Waals surface area contributed by atoms with Crippen molar-refractivity contribution >= 4 is 5.91 Å². The number of aryl methyl sites for hydroxylation is 3. The average molecular weight is 339 g/mol. The van der Waals surface area contributed by atoms with Gasteiger partial charge in [-0.2, -0.15) is 0 Å². The molecule has 3 heterocycles. The highest BCUT2D eigenvalue weighted by Gasteiger charge is 2.28. The molecule has 2 aliphatic rings. The lowest BCUT2D eigenvalue weighted by molar-refractivity contribution is -0.0229. The summed E-state index contributed by atoms with van der Waals surface area (Å²) < 4.78 is 5.83. The minimum atomic E-state index is -0.284. The number of ether oxygens (including phenoxy) is 1. The summed E-state index contributed by atoms with van der Waals surface area (Å²) in [5, 5.41) is 0. The van der Waals surface area contributed by atoms with E-state index in [9.17, 15) is 9.59 Å². The van der Waals surface area contributed by atoms with E-state index in [1.54, 1.807) is 17.2 Å². The van der Waals surface area contributed by atoms with Crippen molar-refractivity contribution in [1.82, 2.24) is 14.9 Å². The van der Waals surface area contributed by atoms with Crippen LogP contribution < -0.4 is 5.56 Å². The van der Waals surface area contributed by atoms with E-state index in [0.717, 1.165) is 41.8 Å². The van der Waals surface area contributed by atoms with Crippen molar-refractivity contribution in [3.8, 4) is 0 Å². The zero-order chi connectivity index (χ0) is 17.4. The molecule has 130 valence electrons. The zero-order valence-corrected chi connectivity index (χ0v) is 14.2. The fraction of sp³-hybridized carbons (Fsp3) is 0.421. The number of H-pyrrole nitrogens is 1. The molecule has 1 amide bonds. The summed E-state index contributed by atoms with van der Waals surface area (Å²) in [7, 11) is 0. The van der Waals surface area contributed by atoms with Gasteiger partial charge in [0.2, 0.25) is 0 Å². The molecule has 0 unspecified atom stereocenters. The van der Waals surface area contributed by atoms with E-state index in [-0.39, 0.29) is 23.1 Å².